The fourth-order valence-electron chi connectivity index (χ4n) is 2.31. The number of fused-ring (bicyclic) bond motifs is 1. The van der Waals surface area contributed by atoms with Crippen molar-refractivity contribution in [1.29, 1.82) is 0 Å². The molecule has 1 aromatic heterocycles. The summed E-state index contributed by atoms with van der Waals surface area (Å²) in [6.45, 7) is 2.43. The molecule has 6 nitrogen and oxygen atoms in total. The lowest BCUT2D eigenvalue weighted by Crippen LogP contribution is -2.42. The molecule has 1 amide bonds. The van der Waals surface area contributed by atoms with Gasteiger partial charge < -0.3 is 16.0 Å². The van der Waals surface area contributed by atoms with E-state index in [9.17, 15) is 4.79 Å². The van der Waals surface area contributed by atoms with Crippen LogP contribution in [0, 0.1) is 6.92 Å². The molecular weight excluding hydrogens is 254 g/mol. The van der Waals surface area contributed by atoms with E-state index in [1.165, 1.54) is 0 Å². The van der Waals surface area contributed by atoms with Gasteiger partial charge in [-0.2, -0.15) is 5.10 Å². The zero-order chi connectivity index (χ0) is 14.1. The Bertz CT molecular complexity index is 649. The highest BCUT2D eigenvalue weighted by molar-refractivity contribution is 5.98. The Morgan fingerprint density at radius 3 is 2.85 bits per heavy atom. The zero-order valence-corrected chi connectivity index (χ0v) is 11.5. The van der Waals surface area contributed by atoms with Crippen LogP contribution in [0.4, 0.5) is 17.1 Å². The van der Waals surface area contributed by atoms with Crippen LogP contribution in [0.5, 0.6) is 0 Å². The minimum absolute atomic E-state index is 0.0666. The van der Waals surface area contributed by atoms with Crippen LogP contribution in [0.1, 0.15) is 5.69 Å². The van der Waals surface area contributed by atoms with Gasteiger partial charge in [0.1, 0.15) is 6.04 Å². The Morgan fingerprint density at radius 2 is 2.15 bits per heavy atom. The Morgan fingerprint density at radius 1 is 1.40 bits per heavy atom. The van der Waals surface area contributed by atoms with Gasteiger partial charge in [0.2, 0.25) is 5.91 Å². The van der Waals surface area contributed by atoms with E-state index in [-0.39, 0.29) is 11.9 Å². The van der Waals surface area contributed by atoms with Crippen molar-refractivity contribution in [2.75, 3.05) is 22.5 Å². The first-order valence-corrected chi connectivity index (χ1v) is 6.54. The average molecular weight is 271 g/mol. The Balaban J connectivity index is 1.72. The predicted octanol–water partition coefficient (Wildman–Crippen LogP) is 1.57. The fraction of sp³-hybridized carbons (Fsp3) is 0.286. The van der Waals surface area contributed by atoms with Gasteiger partial charge in [-0.15, -0.1) is 0 Å². The van der Waals surface area contributed by atoms with Crippen molar-refractivity contribution in [3.05, 3.63) is 36.2 Å². The Kier molecular flexibility index (Phi) is 3.06. The van der Waals surface area contributed by atoms with Gasteiger partial charge in [0.25, 0.3) is 0 Å². The quantitative estimate of drug-likeness (QED) is 0.775. The van der Waals surface area contributed by atoms with E-state index >= 15 is 0 Å². The second kappa shape index (κ2) is 4.88. The molecule has 6 heteroatoms. The van der Waals surface area contributed by atoms with Crippen LogP contribution in [-0.2, 0) is 11.8 Å². The van der Waals surface area contributed by atoms with Crippen LogP contribution in [0.15, 0.2) is 30.5 Å². The predicted molar refractivity (Wildman–Crippen MR) is 78.9 cm³/mol. The lowest BCUT2D eigenvalue weighted by atomic mass is 10.1. The monoisotopic (exact) mass is 271 g/mol. The number of hydrogen-bond donors (Lipinski definition) is 3. The van der Waals surface area contributed by atoms with Crippen molar-refractivity contribution in [2.45, 2.75) is 13.0 Å². The third kappa shape index (κ3) is 2.32. The molecule has 1 atom stereocenters. The summed E-state index contributed by atoms with van der Waals surface area (Å²) >= 11 is 0. The minimum Gasteiger partial charge on any atom is -0.381 e. The lowest BCUT2D eigenvalue weighted by Gasteiger charge is -2.27. The summed E-state index contributed by atoms with van der Waals surface area (Å²) in [6.07, 6.45) is 1.80. The first-order chi connectivity index (χ1) is 9.63. The Hall–Kier alpha value is -2.50. The third-order valence-electron chi connectivity index (χ3n) is 3.34. The van der Waals surface area contributed by atoms with Crippen LogP contribution >= 0.6 is 0 Å². The summed E-state index contributed by atoms with van der Waals surface area (Å²) in [5, 5.41) is 13.6. The van der Waals surface area contributed by atoms with Gasteiger partial charge in [-0.05, 0) is 19.1 Å². The van der Waals surface area contributed by atoms with Gasteiger partial charge in [-0.1, -0.05) is 12.1 Å². The first kappa shape index (κ1) is 12.5. The number of aromatic nitrogens is 2. The molecule has 0 bridgehead atoms. The number of anilines is 3. The lowest BCUT2D eigenvalue weighted by molar-refractivity contribution is -0.116. The van der Waals surface area contributed by atoms with Gasteiger partial charge in [-0.3, -0.25) is 9.48 Å². The standard InChI is InChI=1S/C14H17N5O/c1-9-13(8-19(2)18-9)17-14(20)12-7-15-10-5-3-4-6-11(10)16-12/h3-6,8,12,15-16H,7H2,1-2H3,(H,17,20). The highest BCUT2D eigenvalue weighted by atomic mass is 16.2. The molecule has 0 saturated heterocycles. The van der Waals surface area contributed by atoms with E-state index in [1.54, 1.807) is 10.9 Å². The van der Waals surface area contributed by atoms with Gasteiger partial charge in [0.05, 0.1) is 22.8 Å². The minimum atomic E-state index is -0.301. The Labute approximate surface area is 117 Å². The van der Waals surface area contributed by atoms with Crippen LogP contribution in [0.3, 0.4) is 0 Å². The zero-order valence-electron chi connectivity index (χ0n) is 11.5. The normalized spacial score (nSPS) is 16.8. The van der Waals surface area contributed by atoms with Gasteiger partial charge in [0, 0.05) is 19.8 Å². The smallest absolute Gasteiger partial charge is 0.248 e. The number of nitrogens with zero attached hydrogens (tertiary/aromatic N) is 2. The maximum atomic E-state index is 12.3. The van der Waals surface area contributed by atoms with Crippen LogP contribution in [0.25, 0.3) is 0 Å². The van der Waals surface area contributed by atoms with Gasteiger partial charge in [-0.25, -0.2) is 0 Å². The van der Waals surface area contributed by atoms with E-state index in [1.807, 2.05) is 38.2 Å². The van der Waals surface area contributed by atoms with Crippen LogP contribution < -0.4 is 16.0 Å². The van der Waals surface area contributed by atoms with Crippen molar-refractivity contribution in [3.63, 3.8) is 0 Å². The molecule has 0 aliphatic carbocycles. The molecule has 0 radical (unpaired) electrons. The molecule has 2 heterocycles. The number of aryl methyl sites for hydroxylation is 2. The van der Waals surface area contributed by atoms with Crippen molar-refractivity contribution in [1.82, 2.24) is 9.78 Å². The van der Waals surface area contributed by atoms with Crippen molar-refractivity contribution >= 4 is 23.0 Å². The number of carbonyl (C=O) groups excluding carboxylic acids is 1. The number of amides is 1. The van der Waals surface area contributed by atoms with Crippen molar-refractivity contribution in [3.8, 4) is 0 Å². The largest absolute Gasteiger partial charge is 0.381 e. The molecule has 20 heavy (non-hydrogen) atoms. The second-order valence-corrected chi connectivity index (χ2v) is 4.91. The first-order valence-electron chi connectivity index (χ1n) is 6.54. The summed E-state index contributed by atoms with van der Waals surface area (Å²) in [7, 11) is 1.83. The summed E-state index contributed by atoms with van der Waals surface area (Å²) in [5.41, 5.74) is 3.53. The fourth-order valence-corrected chi connectivity index (χ4v) is 2.31. The molecular formula is C14H17N5O. The SMILES string of the molecule is Cc1nn(C)cc1NC(=O)C1CNc2ccccc2N1. The molecule has 3 N–H and O–H groups in total. The second-order valence-electron chi connectivity index (χ2n) is 4.91. The summed E-state index contributed by atoms with van der Waals surface area (Å²) in [5.74, 6) is -0.0666. The molecule has 104 valence electrons. The van der Waals surface area contributed by atoms with Crippen molar-refractivity contribution < 1.29 is 4.79 Å². The molecule has 0 fully saturated rings. The topological polar surface area (TPSA) is 71.0 Å². The molecule has 3 rings (SSSR count). The maximum absolute atomic E-state index is 12.3. The number of nitrogens with one attached hydrogen (secondary N) is 3. The number of para-hydroxylation sites is 2. The van der Waals surface area contributed by atoms with Crippen molar-refractivity contribution in [2.24, 2.45) is 7.05 Å². The molecule has 1 aromatic carbocycles. The van der Waals surface area contributed by atoms with E-state index in [2.05, 4.69) is 21.0 Å². The summed E-state index contributed by atoms with van der Waals surface area (Å²) in [6, 6.07) is 7.55. The van der Waals surface area contributed by atoms with E-state index in [4.69, 9.17) is 0 Å². The number of benzene rings is 1. The molecule has 0 saturated carbocycles. The number of hydrogen-bond acceptors (Lipinski definition) is 4. The van der Waals surface area contributed by atoms with E-state index < -0.39 is 0 Å². The highest BCUT2D eigenvalue weighted by Crippen LogP contribution is 2.25. The molecule has 2 aromatic rings. The van der Waals surface area contributed by atoms with Gasteiger partial charge in [0.15, 0.2) is 0 Å². The van der Waals surface area contributed by atoms with Crippen LogP contribution in [0.2, 0.25) is 0 Å². The van der Waals surface area contributed by atoms with E-state index in [0.29, 0.717) is 6.54 Å². The van der Waals surface area contributed by atoms with E-state index in [0.717, 1.165) is 22.8 Å². The maximum Gasteiger partial charge on any atom is 0.248 e. The molecule has 1 aliphatic rings. The van der Waals surface area contributed by atoms with Gasteiger partial charge >= 0.3 is 0 Å². The summed E-state index contributed by atoms with van der Waals surface area (Å²) < 4.78 is 1.69. The molecule has 1 unspecified atom stereocenters. The molecule has 0 spiro atoms. The average Bonchev–Trinajstić information content (AvgIpc) is 2.76. The van der Waals surface area contributed by atoms with Crippen LogP contribution in [-0.4, -0.2) is 28.3 Å². The highest BCUT2D eigenvalue weighted by Gasteiger charge is 2.24. The number of carbonyl (C=O) groups is 1. The number of rotatable bonds is 2. The summed E-state index contributed by atoms with van der Waals surface area (Å²) in [4.78, 5) is 12.3. The third-order valence-corrected chi connectivity index (χ3v) is 3.34. The molecule has 1 aliphatic heterocycles.